The number of fused-ring (bicyclic) bond motifs is 5. The van der Waals surface area contributed by atoms with Gasteiger partial charge in [0.1, 0.15) is 12.3 Å². The van der Waals surface area contributed by atoms with E-state index in [2.05, 4.69) is 20.1 Å². The number of halogens is 3. The smallest absolute Gasteiger partial charge is 0.298 e. The number of aromatic nitrogens is 5. The van der Waals surface area contributed by atoms with E-state index in [4.69, 9.17) is 21.3 Å². The zero-order chi connectivity index (χ0) is 27.4. The van der Waals surface area contributed by atoms with Gasteiger partial charge >= 0.3 is 0 Å². The fraction of sp³-hybridized carbons (Fsp3) is 0.393. The SMILES string of the molecule is Cn1c2nc(OC[C@@]34CCCN3C/C(=C\F)C4)[nH]c(=O)c2c2csc(-c3c(C4(F)CC4)c(Cl)cc4[nH]ncc34)c21. The Morgan fingerprint density at radius 3 is 2.95 bits per heavy atom. The number of hydrogen-bond acceptors (Lipinski definition) is 6. The molecule has 0 spiro atoms. The third kappa shape index (κ3) is 3.34. The summed E-state index contributed by atoms with van der Waals surface area (Å²) in [5.74, 6) is 0. The second-order valence-electron chi connectivity index (χ2n) is 11.3. The molecule has 0 unspecified atom stereocenters. The summed E-state index contributed by atoms with van der Waals surface area (Å²) in [5, 5.41) is 11.4. The molecule has 206 valence electrons. The Balaban J connectivity index is 1.26. The topological polar surface area (TPSA) is 91.8 Å². The van der Waals surface area contributed by atoms with Crippen molar-refractivity contribution in [3.05, 3.63) is 50.5 Å². The lowest BCUT2D eigenvalue weighted by molar-refractivity contribution is 0.107. The Bertz CT molecular complexity index is 1950. The van der Waals surface area contributed by atoms with Crippen molar-refractivity contribution in [3.8, 4) is 16.5 Å². The van der Waals surface area contributed by atoms with E-state index in [1.165, 1.54) is 11.3 Å². The number of H-pyrrole nitrogens is 2. The average molecular weight is 583 g/mol. The molecule has 1 saturated carbocycles. The molecule has 40 heavy (non-hydrogen) atoms. The van der Waals surface area contributed by atoms with Crippen LogP contribution in [0, 0.1) is 0 Å². The van der Waals surface area contributed by atoms with Gasteiger partial charge in [-0.2, -0.15) is 10.1 Å². The first kappa shape index (κ1) is 24.5. The van der Waals surface area contributed by atoms with Crippen LogP contribution in [-0.4, -0.2) is 54.9 Å². The van der Waals surface area contributed by atoms with Crippen LogP contribution in [-0.2, 0) is 12.7 Å². The van der Waals surface area contributed by atoms with E-state index in [1.54, 1.807) is 12.3 Å². The van der Waals surface area contributed by atoms with Crippen LogP contribution in [0.5, 0.6) is 6.01 Å². The summed E-state index contributed by atoms with van der Waals surface area (Å²) in [5.41, 5.74) is 1.84. The molecule has 3 aliphatic rings. The number of benzene rings is 1. The fourth-order valence-electron chi connectivity index (χ4n) is 6.89. The zero-order valence-electron chi connectivity index (χ0n) is 21.6. The number of nitrogens with one attached hydrogen (secondary N) is 2. The number of thiophene rings is 1. The minimum Gasteiger partial charge on any atom is -0.463 e. The van der Waals surface area contributed by atoms with Crippen LogP contribution in [0.4, 0.5) is 8.78 Å². The molecule has 2 N–H and O–H groups in total. The molecular weight excluding hydrogens is 558 g/mol. The van der Waals surface area contributed by atoms with E-state index in [1.807, 2.05) is 17.0 Å². The van der Waals surface area contributed by atoms with Crippen LogP contribution in [0.25, 0.3) is 43.3 Å². The van der Waals surface area contributed by atoms with Crippen LogP contribution in [0.1, 0.15) is 37.7 Å². The third-order valence-electron chi connectivity index (χ3n) is 8.95. The molecule has 1 aliphatic carbocycles. The fourth-order valence-corrected chi connectivity index (χ4v) is 8.41. The molecule has 0 amide bonds. The van der Waals surface area contributed by atoms with E-state index in [0.29, 0.717) is 65.9 Å². The summed E-state index contributed by atoms with van der Waals surface area (Å²) in [6, 6.07) is 1.86. The van der Waals surface area contributed by atoms with E-state index in [-0.39, 0.29) is 17.1 Å². The largest absolute Gasteiger partial charge is 0.463 e. The highest BCUT2D eigenvalue weighted by atomic mass is 35.5. The van der Waals surface area contributed by atoms with Gasteiger partial charge in [0, 0.05) is 45.9 Å². The van der Waals surface area contributed by atoms with Crippen molar-refractivity contribution in [2.75, 3.05) is 19.7 Å². The van der Waals surface area contributed by atoms with Gasteiger partial charge in [-0.05, 0) is 50.3 Å². The lowest BCUT2D eigenvalue weighted by Crippen LogP contribution is -2.43. The van der Waals surface area contributed by atoms with Gasteiger partial charge in [0.25, 0.3) is 11.6 Å². The van der Waals surface area contributed by atoms with Gasteiger partial charge < -0.3 is 9.30 Å². The van der Waals surface area contributed by atoms with Gasteiger partial charge in [0.2, 0.25) is 0 Å². The second-order valence-corrected chi connectivity index (χ2v) is 12.6. The zero-order valence-corrected chi connectivity index (χ0v) is 23.2. The highest BCUT2D eigenvalue weighted by Gasteiger charge is 2.49. The molecule has 0 bridgehead atoms. The molecule has 2 aliphatic heterocycles. The van der Waals surface area contributed by atoms with Gasteiger partial charge in [-0.25, -0.2) is 8.78 Å². The molecule has 6 heterocycles. The summed E-state index contributed by atoms with van der Waals surface area (Å²) in [6.45, 7) is 1.82. The summed E-state index contributed by atoms with van der Waals surface area (Å²) in [6.07, 6.45) is 5.76. The number of hydrogen-bond donors (Lipinski definition) is 2. The molecule has 2 saturated heterocycles. The van der Waals surface area contributed by atoms with Crippen molar-refractivity contribution in [2.45, 2.75) is 43.3 Å². The van der Waals surface area contributed by atoms with Crippen LogP contribution < -0.4 is 10.3 Å². The number of aromatic amines is 2. The summed E-state index contributed by atoms with van der Waals surface area (Å²) in [7, 11) is 1.85. The maximum atomic E-state index is 15.7. The van der Waals surface area contributed by atoms with Crippen molar-refractivity contribution in [1.29, 1.82) is 0 Å². The van der Waals surface area contributed by atoms with Crippen molar-refractivity contribution < 1.29 is 13.5 Å². The average Bonchev–Trinajstić information content (AvgIpc) is 3.44. The Morgan fingerprint density at radius 1 is 1.30 bits per heavy atom. The summed E-state index contributed by atoms with van der Waals surface area (Å²) >= 11 is 8.11. The first-order valence-corrected chi connectivity index (χ1v) is 14.6. The highest BCUT2D eigenvalue weighted by molar-refractivity contribution is 7.15. The van der Waals surface area contributed by atoms with Gasteiger partial charge in [-0.3, -0.25) is 19.8 Å². The van der Waals surface area contributed by atoms with Crippen LogP contribution in [0.15, 0.2) is 34.3 Å². The Kier molecular flexibility index (Phi) is 5.13. The Hall–Kier alpha value is -3.28. The van der Waals surface area contributed by atoms with Gasteiger partial charge in [-0.15, -0.1) is 11.3 Å². The lowest BCUT2D eigenvalue weighted by atomic mass is 9.94. The number of aryl methyl sites for hydroxylation is 1. The van der Waals surface area contributed by atoms with Crippen molar-refractivity contribution in [2.24, 2.45) is 7.05 Å². The molecule has 8 nitrogen and oxygen atoms in total. The lowest BCUT2D eigenvalue weighted by Gasteiger charge is -2.30. The minimum atomic E-state index is -1.49. The van der Waals surface area contributed by atoms with Gasteiger partial charge in [-0.1, -0.05) is 11.6 Å². The van der Waals surface area contributed by atoms with Gasteiger partial charge in [0.15, 0.2) is 5.65 Å². The predicted molar refractivity (Wildman–Crippen MR) is 152 cm³/mol. The van der Waals surface area contributed by atoms with Crippen molar-refractivity contribution in [3.63, 3.8) is 0 Å². The van der Waals surface area contributed by atoms with E-state index < -0.39 is 5.67 Å². The first-order valence-electron chi connectivity index (χ1n) is 13.3. The number of alkyl halides is 1. The monoisotopic (exact) mass is 582 g/mol. The molecule has 5 aromatic rings. The van der Waals surface area contributed by atoms with E-state index >= 15 is 4.39 Å². The maximum Gasteiger partial charge on any atom is 0.298 e. The van der Waals surface area contributed by atoms with Gasteiger partial charge in [0.05, 0.1) is 39.4 Å². The standard InChI is InChI=1S/C28H25ClF2N6O2S/c1-36-22-16(12-40-23(22)19-15-10-32-35-18(15)7-17(29)21(19)28(31)4-5-28)20-24(36)33-26(34-25(20)38)39-13-27-3-2-6-37(27)11-14(8-27)9-30/h7,9-10,12H,2-6,8,11,13H2,1H3,(H,32,35)(H,33,34,38)/b14-9-/t27-/m0/s1. The van der Waals surface area contributed by atoms with Crippen LogP contribution in [0.3, 0.4) is 0 Å². The van der Waals surface area contributed by atoms with E-state index in [9.17, 15) is 9.18 Å². The van der Waals surface area contributed by atoms with E-state index in [0.717, 1.165) is 51.6 Å². The normalized spacial score (nSPS) is 23.2. The molecule has 12 heteroatoms. The van der Waals surface area contributed by atoms with Crippen molar-refractivity contribution >= 4 is 55.8 Å². The molecule has 8 rings (SSSR count). The highest BCUT2D eigenvalue weighted by Crippen LogP contribution is 2.57. The van der Waals surface area contributed by atoms with Crippen molar-refractivity contribution in [1.82, 2.24) is 29.6 Å². The molecule has 1 atom stereocenters. The number of nitrogens with zero attached hydrogens (tertiary/aromatic N) is 4. The molecule has 1 aromatic carbocycles. The number of rotatable bonds is 5. The summed E-state index contributed by atoms with van der Waals surface area (Å²) < 4.78 is 37.0. The van der Waals surface area contributed by atoms with Crippen LogP contribution in [0.2, 0.25) is 5.02 Å². The third-order valence-corrected chi connectivity index (χ3v) is 10.2. The minimum absolute atomic E-state index is 0.131. The first-order chi connectivity index (χ1) is 19.3. The summed E-state index contributed by atoms with van der Waals surface area (Å²) in [4.78, 5) is 24.0. The second kappa shape index (κ2) is 8.37. The van der Waals surface area contributed by atoms with Crippen LogP contribution >= 0.6 is 22.9 Å². The quantitative estimate of drug-likeness (QED) is 0.261. The molecule has 0 radical (unpaired) electrons. The number of ether oxygens (including phenoxy) is 1. The maximum absolute atomic E-state index is 15.7. The molecule has 4 aromatic heterocycles. The molecule has 3 fully saturated rings. The Labute approximate surface area is 235 Å². The Morgan fingerprint density at radius 2 is 2.15 bits per heavy atom. The molecular formula is C28H25ClF2N6O2S. The predicted octanol–water partition coefficient (Wildman–Crippen LogP) is 6.10.